The molecule has 0 unspecified atom stereocenters. The Bertz CT molecular complexity index is 494. The number of carbonyl (C=O) groups is 2. The van der Waals surface area contributed by atoms with E-state index in [0.717, 1.165) is 19.3 Å². The molecular formula is C18H26O4. The Morgan fingerprint density at radius 1 is 0.864 bits per heavy atom. The van der Waals surface area contributed by atoms with E-state index in [-0.39, 0.29) is 11.1 Å². The van der Waals surface area contributed by atoms with Gasteiger partial charge in [0.25, 0.3) is 0 Å². The largest absolute Gasteiger partial charge is 0.478 e. The summed E-state index contributed by atoms with van der Waals surface area (Å²) in [4.78, 5) is 22.2. The average molecular weight is 306 g/mol. The van der Waals surface area contributed by atoms with Crippen molar-refractivity contribution in [3.63, 3.8) is 0 Å². The normalized spacial score (nSPS) is 10.6. The van der Waals surface area contributed by atoms with Crippen LogP contribution < -0.4 is 0 Å². The third-order valence-electron chi connectivity index (χ3n) is 3.88. The summed E-state index contributed by atoms with van der Waals surface area (Å²) in [5.41, 5.74) is 0.992. The topological polar surface area (TPSA) is 74.6 Å². The van der Waals surface area contributed by atoms with E-state index in [4.69, 9.17) is 5.11 Å². The van der Waals surface area contributed by atoms with Crippen molar-refractivity contribution >= 4 is 11.9 Å². The molecule has 0 fully saturated rings. The number of aryl methyl sites for hydroxylation is 1. The molecule has 22 heavy (non-hydrogen) atoms. The van der Waals surface area contributed by atoms with E-state index < -0.39 is 11.9 Å². The highest BCUT2D eigenvalue weighted by atomic mass is 16.4. The monoisotopic (exact) mass is 306 g/mol. The van der Waals surface area contributed by atoms with Gasteiger partial charge in [-0.15, -0.1) is 0 Å². The molecule has 1 rings (SSSR count). The van der Waals surface area contributed by atoms with Gasteiger partial charge in [0.05, 0.1) is 11.1 Å². The Balaban J connectivity index is 2.45. The number of aromatic carboxylic acids is 2. The molecular weight excluding hydrogens is 280 g/mol. The van der Waals surface area contributed by atoms with Crippen molar-refractivity contribution in [2.75, 3.05) is 0 Å². The molecule has 0 radical (unpaired) electrons. The Morgan fingerprint density at radius 2 is 1.45 bits per heavy atom. The molecule has 0 bridgehead atoms. The fourth-order valence-electron chi connectivity index (χ4n) is 2.59. The molecule has 0 atom stereocenters. The molecule has 1 aromatic rings. The van der Waals surface area contributed by atoms with E-state index in [2.05, 4.69) is 6.92 Å². The quantitative estimate of drug-likeness (QED) is 0.578. The Hall–Kier alpha value is -1.84. The first-order chi connectivity index (χ1) is 10.6. The van der Waals surface area contributed by atoms with E-state index in [1.54, 1.807) is 0 Å². The third kappa shape index (κ3) is 6.29. The average Bonchev–Trinajstić information content (AvgIpc) is 2.49. The second-order valence-corrected chi connectivity index (χ2v) is 5.71. The molecule has 2 N–H and O–H groups in total. The maximum absolute atomic E-state index is 11.2. The van der Waals surface area contributed by atoms with Crippen LogP contribution in [0.2, 0.25) is 0 Å². The molecule has 122 valence electrons. The Morgan fingerprint density at radius 3 is 2.00 bits per heavy atom. The number of rotatable bonds is 11. The van der Waals surface area contributed by atoms with Crippen LogP contribution in [0.15, 0.2) is 18.2 Å². The van der Waals surface area contributed by atoms with Crippen LogP contribution in [-0.2, 0) is 6.42 Å². The van der Waals surface area contributed by atoms with Crippen LogP contribution in [0, 0.1) is 0 Å². The predicted octanol–water partition coefficient (Wildman–Crippen LogP) is 4.77. The molecule has 0 saturated carbocycles. The van der Waals surface area contributed by atoms with Crippen molar-refractivity contribution in [1.29, 1.82) is 0 Å². The fourth-order valence-corrected chi connectivity index (χ4v) is 2.59. The Labute approximate surface area is 132 Å². The number of benzene rings is 1. The summed E-state index contributed by atoms with van der Waals surface area (Å²) in [5.74, 6) is -2.01. The van der Waals surface area contributed by atoms with Gasteiger partial charge in [-0.25, -0.2) is 9.59 Å². The third-order valence-corrected chi connectivity index (χ3v) is 3.88. The van der Waals surface area contributed by atoms with Gasteiger partial charge in [-0.3, -0.25) is 0 Å². The maximum Gasteiger partial charge on any atom is 0.335 e. The summed E-state index contributed by atoms with van der Waals surface area (Å²) in [5, 5.41) is 18.2. The lowest BCUT2D eigenvalue weighted by atomic mass is 9.98. The predicted molar refractivity (Wildman–Crippen MR) is 86.7 cm³/mol. The number of hydrogen-bond acceptors (Lipinski definition) is 2. The minimum absolute atomic E-state index is 0.152. The van der Waals surface area contributed by atoms with E-state index in [0.29, 0.717) is 12.0 Å². The summed E-state index contributed by atoms with van der Waals surface area (Å²) >= 11 is 0. The van der Waals surface area contributed by atoms with Crippen LogP contribution in [0.25, 0.3) is 0 Å². The van der Waals surface area contributed by atoms with Crippen molar-refractivity contribution in [2.45, 2.75) is 64.7 Å². The highest BCUT2D eigenvalue weighted by Gasteiger charge is 2.13. The molecule has 0 spiro atoms. The summed E-state index contributed by atoms with van der Waals surface area (Å²) in [7, 11) is 0. The highest BCUT2D eigenvalue weighted by molar-refractivity contribution is 5.93. The van der Waals surface area contributed by atoms with E-state index in [9.17, 15) is 14.7 Å². The SMILES string of the molecule is CCCCCCCCCCc1cc(C(=O)O)ccc1C(=O)O. The highest BCUT2D eigenvalue weighted by Crippen LogP contribution is 2.17. The van der Waals surface area contributed by atoms with Gasteiger partial charge in [0.15, 0.2) is 0 Å². The molecule has 0 saturated heterocycles. The standard InChI is InChI=1S/C18H26O4/c1-2-3-4-5-6-7-8-9-10-14-13-15(17(19)20)11-12-16(14)18(21)22/h11-13H,2-10H2,1H3,(H,19,20)(H,21,22). The van der Waals surface area contributed by atoms with E-state index in [1.807, 2.05) is 0 Å². The van der Waals surface area contributed by atoms with Crippen molar-refractivity contribution in [3.05, 3.63) is 34.9 Å². The fraction of sp³-hybridized carbons (Fsp3) is 0.556. The molecule has 0 aliphatic carbocycles. The van der Waals surface area contributed by atoms with E-state index in [1.165, 1.54) is 50.3 Å². The van der Waals surface area contributed by atoms with Gasteiger partial charge in [0.2, 0.25) is 0 Å². The van der Waals surface area contributed by atoms with Crippen LogP contribution in [0.4, 0.5) is 0 Å². The number of unbranched alkanes of at least 4 members (excludes halogenated alkanes) is 7. The molecule has 0 aliphatic rings. The molecule has 0 heterocycles. The zero-order valence-corrected chi connectivity index (χ0v) is 13.3. The first-order valence-corrected chi connectivity index (χ1v) is 8.15. The number of carboxylic acid groups (broad SMARTS) is 2. The van der Waals surface area contributed by atoms with Crippen LogP contribution in [-0.4, -0.2) is 22.2 Å². The summed E-state index contributed by atoms with van der Waals surface area (Å²) in [6.07, 6.45) is 10.1. The zero-order chi connectivity index (χ0) is 16.4. The minimum Gasteiger partial charge on any atom is -0.478 e. The lowest BCUT2D eigenvalue weighted by molar-refractivity contribution is 0.0680. The summed E-state index contributed by atoms with van der Waals surface area (Å²) < 4.78 is 0. The first-order valence-electron chi connectivity index (χ1n) is 8.15. The molecule has 0 aromatic heterocycles. The molecule has 0 amide bonds. The smallest absolute Gasteiger partial charge is 0.335 e. The van der Waals surface area contributed by atoms with Gasteiger partial charge in [0, 0.05) is 0 Å². The van der Waals surface area contributed by atoms with Gasteiger partial charge >= 0.3 is 11.9 Å². The molecule has 4 nitrogen and oxygen atoms in total. The number of hydrogen-bond donors (Lipinski definition) is 2. The minimum atomic E-state index is -1.02. The van der Waals surface area contributed by atoms with Gasteiger partial charge in [-0.05, 0) is 36.6 Å². The van der Waals surface area contributed by atoms with Crippen LogP contribution in [0.3, 0.4) is 0 Å². The van der Waals surface area contributed by atoms with Crippen molar-refractivity contribution in [3.8, 4) is 0 Å². The van der Waals surface area contributed by atoms with Gasteiger partial charge < -0.3 is 10.2 Å². The van der Waals surface area contributed by atoms with Crippen LogP contribution in [0.5, 0.6) is 0 Å². The zero-order valence-electron chi connectivity index (χ0n) is 13.3. The maximum atomic E-state index is 11.2. The van der Waals surface area contributed by atoms with Crippen molar-refractivity contribution in [1.82, 2.24) is 0 Å². The Kier molecular flexibility index (Phi) is 8.26. The molecule has 1 aromatic carbocycles. The van der Waals surface area contributed by atoms with E-state index >= 15 is 0 Å². The van der Waals surface area contributed by atoms with Crippen molar-refractivity contribution < 1.29 is 19.8 Å². The molecule has 4 heteroatoms. The van der Waals surface area contributed by atoms with Crippen molar-refractivity contribution in [2.24, 2.45) is 0 Å². The van der Waals surface area contributed by atoms with Crippen LogP contribution >= 0.6 is 0 Å². The molecule has 0 aliphatic heterocycles. The first kappa shape index (κ1) is 18.2. The second-order valence-electron chi connectivity index (χ2n) is 5.71. The van der Waals surface area contributed by atoms with Gasteiger partial charge in [-0.2, -0.15) is 0 Å². The van der Waals surface area contributed by atoms with Gasteiger partial charge in [-0.1, -0.05) is 51.9 Å². The lowest BCUT2D eigenvalue weighted by Gasteiger charge is -2.07. The summed E-state index contributed by atoms with van der Waals surface area (Å²) in [6, 6.07) is 4.24. The van der Waals surface area contributed by atoms with Gasteiger partial charge in [0.1, 0.15) is 0 Å². The van der Waals surface area contributed by atoms with Crippen LogP contribution in [0.1, 0.15) is 84.6 Å². The number of carboxylic acids is 2. The lowest BCUT2D eigenvalue weighted by Crippen LogP contribution is -2.06. The summed E-state index contributed by atoms with van der Waals surface area (Å²) in [6.45, 7) is 2.20. The second kappa shape index (κ2) is 9.98.